The fraction of sp³-hybridized carbons (Fsp3) is 0.125. The third kappa shape index (κ3) is 2.53. The second kappa shape index (κ2) is 4.39. The number of carbonyl (C=O) groups is 1. The van der Waals surface area contributed by atoms with Gasteiger partial charge in [0.1, 0.15) is 5.02 Å². The van der Waals surface area contributed by atoms with Gasteiger partial charge in [0.2, 0.25) is 0 Å². The van der Waals surface area contributed by atoms with Gasteiger partial charge in [0.15, 0.2) is 11.6 Å². The van der Waals surface area contributed by atoms with E-state index in [0.717, 1.165) is 6.07 Å². The maximum atomic E-state index is 12.9. The van der Waals surface area contributed by atoms with Gasteiger partial charge in [0.25, 0.3) is 0 Å². The third-order valence-corrected chi connectivity index (χ3v) is 1.86. The number of carboxylic acid groups (broad SMARTS) is 1. The Morgan fingerprint density at radius 1 is 1.47 bits per heavy atom. The first kappa shape index (κ1) is 11.6. The molecular weight excluding hydrogens is 237 g/mol. The molecule has 0 aliphatic rings. The van der Waals surface area contributed by atoms with Crippen LogP contribution in [0.4, 0.5) is 13.2 Å². The monoisotopic (exact) mass is 240 g/mol. The van der Waals surface area contributed by atoms with Gasteiger partial charge in [-0.05, 0) is 12.1 Å². The van der Waals surface area contributed by atoms with Crippen molar-refractivity contribution in [2.45, 2.75) is 6.61 Å². The van der Waals surface area contributed by atoms with E-state index in [4.69, 9.17) is 16.7 Å². The number of hydrogen-bond donors (Lipinski definition) is 1. The minimum absolute atomic E-state index is 0.506. The van der Waals surface area contributed by atoms with E-state index in [-0.39, 0.29) is 0 Å². The minimum Gasteiger partial charge on any atom is -0.478 e. The van der Waals surface area contributed by atoms with Gasteiger partial charge >= 0.3 is 12.6 Å². The van der Waals surface area contributed by atoms with Crippen molar-refractivity contribution in [3.8, 4) is 5.75 Å². The van der Waals surface area contributed by atoms with Gasteiger partial charge in [-0.2, -0.15) is 8.78 Å². The zero-order valence-corrected chi connectivity index (χ0v) is 7.76. The Labute approximate surface area is 87.0 Å². The summed E-state index contributed by atoms with van der Waals surface area (Å²) in [6.45, 7) is -3.28. The normalized spacial score (nSPS) is 10.5. The summed E-state index contributed by atoms with van der Waals surface area (Å²) in [5.41, 5.74) is -0.506. The molecule has 0 atom stereocenters. The molecule has 0 unspecified atom stereocenters. The van der Waals surface area contributed by atoms with Crippen molar-refractivity contribution in [2.75, 3.05) is 0 Å². The van der Waals surface area contributed by atoms with Crippen LogP contribution in [0, 0.1) is 5.82 Å². The standard InChI is InChI=1S/C8H4ClF3O3/c9-5-3(7(13)14)1-2-4(10)6(5)15-8(11)12/h1-2,8H,(H,13,14). The molecule has 0 spiro atoms. The zero-order valence-electron chi connectivity index (χ0n) is 7.01. The lowest BCUT2D eigenvalue weighted by molar-refractivity contribution is -0.0522. The molecule has 0 aromatic heterocycles. The number of halogens is 4. The van der Waals surface area contributed by atoms with Gasteiger partial charge in [-0.1, -0.05) is 11.6 Å². The van der Waals surface area contributed by atoms with Crippen molar-refractivity contribution in [3.05, 3.63) is 28.5 Å². The van der Waals surface area contributed by atoms with Gasteiger partial charge in [0.05, 0.1) is 5.56 Å². The lowest BCUT2D eigenvalue weighted by Crippen LogP contribution is -2.07. The number of aromatic carboxylic acids is 1. The highest BCUT2D eigenvalue weighted by atomic mass is 35.5. The maximum absolute atomic E-state index is 12.9. The SMILES string of the molecule is O=C(O)c1ccc(F)c(OC(F)F)c1Cl. The fourth-order valence-electron chi connectivity index (χ4n) is 0.895. The lowest BCUT2D eigenvalue weighted by atomic mass is 10.2. The van der Waals surface area contributed by atoms with Crippen molar-refractivity contribution < 1.29 is 27.8 Å². The van der Waals surface area contributed by atoms with E-state index in [9.17, 15) is 18.0 Å². The number of rotatable bonds is 3. The summed E-state index contributed by atoms with van der Waals surface area (Å²) in [4.78, 5) is 10.5. The van der Waals surface area contributed by atoms with Gasteiger partial charge in [-0.25, -0.2) is 9.18 Å². The van der Waals surface area contributed by atoms with E-state index < -0.39 is 34.7 Å². The van der Waals surface area contributed by atoms with Crippen LogP contribution in [0.1, 0.15) is 10.4 Å². The third-order valence-electron chi connectivity index (χ3n) is 1.49. The van der Waals surface area contributed by atoms with Crippen LogP contribution < -0.4 is 4.74 Å². The molecule has 0 aliphatic heterocycles. The summed E-state index contributed by atoms with van der Waals surface area (Å²) < 4.78 is 40.3. The number of carboxylic acids is 1. The van der Waals surface area contributed by atoms with E-state index >= 15 is 0 Å². The average molecular weight is 241 g/mol. The summed E-state index contributed by atoms with van der Waals surface area (Å²) >= 11 is 5.37. The second-order valence-corrected chi connectivity index (χ2v) is 2.80. The van der Waals surface area contributed by atoms with E-state index in [2.05, 4.69) is 4.74 Å². The lowest BCUT2D eigenvalue weighted by Gasteiger charge is -2.09. The molecule has 1 rings (SSSR count). The Bertz CT molecular complexity index is 395. The van der Waals surface area contributed by atoms with Crippen LogP contribution >= 0.6 is 11.6 Å². The molecule has 7 heteroatoms. The molecule has 0 aliphatic carbocycles. The molecule has 0 heterocycles. The van der Waals surface area contributed by atoms with Crippen molar-refractivity contribution in [1.82, 2.24) is 0 Å². The summed E-state index contributed by atoms with van der Waals surface area (Å²) in [5, 5.41) is 7.87. The van der Waals surface area contributed by atoms with Crippen LogP contribution in [-0.4, -0.2) is 17.7 Å². The molecule has 0 bridgehead atoms. The van der Waals surface area contributed by atoms with Crippen molar-refractivity contribution >= 4 is 17.6 Å². The molecule has 1 aromatic rings. The van der Waals surface area contributed by atoms with E-state index in [1.807, 2.05) is 0 Å². The van der Waals surface area contributed by atoms with Crippen LogP contribution in [-0.2, 0) is 0 Å². The highest BCUT2D eigenvalue weighted by Gasteiger charge is 2.20. The van der Waals surface area contributed by atoms with Gasteiger partial charge < -0.3 is 9.84 Å². The quantitative estimate of drug-likeness (QED) is 0.884. The van der Waals surface area contributed by atoms with Crippen molar-refractivity contribution in [3.63, 3.8) is 0 Å². The molecule has 0 saturated heterocycles. The number of hydrogen-bond acceptors (Lipinski definition) is 2. The first-order valence-corrected chi connectivity index (χ1v) is 3.97. The smallest absolute Gasteiger partial charge is 0.387 e. The zero-order chi connectivity index (χ0) is 11.6. The first-order valence-electron chi connectivity index (χ1n) is 3.59. The van der Waals surface area contributed by atoms with Gasteiger partial charge in [0, 0.05) is 0 Å². The number of benzene rings is 1. The molecule has 82 valence electrons. The average Bonchev–Trinajstić information content (AvgIpc) is 2.11. The Morgan fingerprint density at radius 3 is 2.53 bits per heavy atom. The summed E-state index contributed by atoms with van der Waals surface area (Å²) in [7, 11) is 0. The largest absolute Gasteiger partial charge is 0.478 e. The highest BCUT2D eigenvalue weighted by Crippen LogP contribution is 2.32. The maximum Gasteiger partial charge on any atom is 0.387 e. The fourth-order valence-corrected chi connectivity index (χ4v) is 1.17. The Balaban J connectivity index is 3.24. The molecule has 1 aromatic carbocycles. The Hall–Kier alpha value is -1.43. The molecule has 15 heavy (non-hydrogen) atoms. The number of ether oxygens (including phenoxy) is 1. The molecule has 0 saturated carbocycles. The van der Waals surface area contributed by atoms with Crippen LogP contribution in [0.25, 0.3) is 0 Å². The highest BCUT2D eigenvalue weighted by molar-refractivity contribution is 6.35. The number of alkyl halides is 2. The molecule has 0 radical (unpaired) electrons. The van der Waals surface area contributed by atoms with Gasteiger partial charge in [-0.3, -0.25) is 0 Å². The minimum atomic E-state index is -3.28. The second-order valence-electron chi connectivity index (χ2n) is 2.42. The van der Waals surface area contributed by atoms with Crippen LogP contribution in [0.3, 0.4) is 0 Å². The summed E-state index contributed by atoms with van der Waals surface area (Å²) in [6.07, 6.45) is 0. The molecule has 0 amide bonds. The van der Waals surface area contributed by atoms with Crippen LogP contribution in [0.15, 0.2) is 12.1 Å². The van der Waals surface area contributed by atoms with Crippen molar-refractivity contribution in [2.24, 2.45) is 0 Å². The molecular formula is C8H4ClF3O3. The van der Waals surface area contributed by atoms with Crippen LogP contribution in [0.5, 0.6) is 5.75 Å². The summed E-state index contributed by atoms with van der Waals surface area (Å²) in [6, 6.07) is 1.55. The topological polar surface area (TPSA) is 46.5 Å². The van der Waals surface area contributed by atoms with Crippen molar-refractivity contribution in [1.29, 1.82) is 0 Å². The van der Waals surface area contributed by atoms with E-state index in [0.29, 0.717) is 6.07 Å². The molecule has 1 N–H and O–H groups in total. The Morgan fingerprint density at radius 2 is 2.07 bits per heavy atom. The Kier molecular flexibility index (Phi) is 3.41. The van der Waals surface area contributed by atoms with Crippen LogP contribution in [0.2, 0.25) is 5.02 Å². The predicted octanol–water partition coefficient (Wildman–Crippen LogP) is 2.78. The predicted molar refractivity (Wildman–Crippen MR) is 45.0 cm³/mol. The van der Waals surface area contributed by atoms with Gasteiger partial charge in [-0.15, -0.1) is 0 Å². The summed E-state index contributed by atoms with van der Waals surface area (Å²) in [5.74, 6) is -3.57. The first-order chi connectivity index (χ1) is 6.93. The molecule has 3 nitrogen and oxygen atoms in total. The van der Waals surface area contributed by atoms with E-state index in [1.54, 1.807) is 0 Å². The molecule has 0 fully saturated rings. The van der Waals surface area contributed by atoms with E-state index in [1.165, 1.54) is 0 Å².